The van der Waals surface area contributed by atoms with E-state index in [1.165, 1.54) is 0 Å². The lowest BCUT2D eigenvalue weighted by atomic mass is 9.87. The predicted octanol–water partition coefficient (Wildman–Crippen LogP) is 1.88. The minimum absolute atomic E-state index is 0.443. The largest absolute Gasteiger partial charge is 0.497 e. The first-order valence-corrected chi connectivity index (χ1v) is 5.94. The first kappa shape index (κ1) is 11.7. The number of carbonyl (C=O) groups is 1. The number of nitrogens with one attached hydrogen (secondary N) is 1. The topological polar surface area (TPSA) is 58.6 Å². The van der Waals surface area contributed by atoms with E-state index in [9.17, 15) is 9.90 Å². The molecule has 0 saturated carbocycles. The number of methoxy groups -OCH3 is 1. The maximum Gasteiger partial charge on any atom is 0.265 e. The van der Waals surface area contributed by atoms with E-state index in [0.717, 1.165) is 0 Å². The van der Waals surface area contributed by atoms with Crippen molar-refractivity contribution >= 4 is 11.6 Å². The SMILES string of the molecule is COc1ccc2c(c1)NC(=O)C2(O)c1ccccc1. The van der Waals surface area contributed by atoms with Crippen LogP contribution in [0.1, 0.15) is 11.1 Å². The average Bonchev–Trinajstić information content (AvgIpc) is 2.72. The van der Waals surface area contributed by atoms with Crippen molar-refractivity contribution in [1.29, 1.82) is 0 Å². The minimum atomic E-state index is -1.64. The van der Waals surface area contributed by atoms with E-state index >= 15 is 0 Å². The zero-order valence-electron chi connectivity index (χ0n) is 10.4. The summed E-state index contributed by atoms with van der Waals surface area (Å²) < 4.78 is 5.12. The normalized spacial score (nSPS) is 20.8. The highest BCUT2D eigenvalue weighted by Crippen LogP contribution is 2.42. The van der Waals surface area contributed by atoms with Crippen LogP contribution >= 0.6 is 0 Å². The van der Waals surface area contributed by atoms with E-state index < -0.39 is 11.5 Å². The molecule has 19 heavy (non-hydrogen) atoms. The molecule has 0 saturated heterocycles. The molecule has 2 N–H and O–H groups in total. The third-order valence-corrected chi connectivity index (χ3v) is 3.38. The lowest BCUT2D eigenvalue weighted by molar-refractivity contribution is -0.129. The van der Waals surface area contributed by atoms with E-state index in [1.54, 1.807) is 49.6 Å². The van der Waals surface area contributed by atoms with Gasteiger partial charge in [-0.25, -0.2) is 0 Å². The summed E-state index contributed by atoms with van der Waals surface area (Å²) in [7, 11) is 1.56. The molecule has 0 radical (unpaired) electrons. The van der Waals surface area contributed by atoms with E-state index in [4.69, 9.17) is 4.74 Å². The fourth-order valence-electron chi connectivity index (χ4n) is 2.37. The fourth-order valence-corrected chi connectivity index (χ4v) is 2.37. The van der Waals surface area contributed by atoms with Gasteiger partial charge in [0.05, 0.1) is 12.8 Å². The summed E-state index contributed by atoms with van der Waals surface area (Å²) in [5.74, 6) is 0.193. The Hall–Kier alpha value is -2.33. The van der Waals surface area contributed by atoms with Crippen LogP contribution in [-0.2, 0) is 10.4 Å². The summed E-state index contributed by atoms with van der Waals surface area (Å²) in [5.41, 5.74) is 0.0414. The molecule has 0 bridgehead atoms. The first-order valence-electron chi connectivity index (χ1n) is 5.94. The van der Waals surface area contributed by atoms with Gasteiger partial charge in [0, 0.05) is 11.6 Å². The highest BCUT2D eigenvalue weighted by Gasteiger charge is 2.46. The zero-order chi connectivity index (χ0) is 13.5. The minimum Gasteiger partial charge on any atom is -0.497 e. The van der Waals surface area contributed by atoms with Crippen LogP contribution in [0.4, 0.5) is 5.69 Å². The average molecular weight is 255 g/mol. The second-order valence-electron chi connectivity index (χ2n) is 4.44. The van der Waals surface area contributed by atoms with Crippen molar-refractivity contribution in [3.05, 3.63) is 59.7 Å². The van der Waals surface area contributed by atoms with Gasteiger partial charge in [0.1, 0.15) is 5.75 Å². The van der Waals surface area contributed by atoms with E-state index in [-0.39, 0.29) is 0 Å². The van der Waals surface area contributed by atoms with Gasteiger partial charge in [0.15, 0.2) is 5.60 Å². The molecule has 1 atom stereocenters. The number of amides is 1. The highest BCUT2D eigenvalue weighted by atomic mass is 16.5. The third-order valence-electron chi connectivity index (χ3n) is 3.38. The quantitative estimate of drug-likeness (QED) is 0.861. The number of benzene rings is 2. The van der Waals surface area contributed by atoms with Gasteiger partial charge in [-0.05, 0) is 17.7 Å². The molecule has 1 heterocycles. The molecule has 0 spiro atoms. The van der Waals surface area contributed by atoms with Gasteiger partial charge >= 0.3 is 0 Å². The molecule has 3 rings (SSSR count). The van der Waals surface area contributed by atoms with Crippen LogP contribution in [0.15, 0.2) is 48.5 Å². The third kappa shape index (κ3) is 1.61. The van der Waals surface area contributed by atoms with Gasteiger partial charge in [-0.2, -0.15) is 0 Å². The lowest BCUT2D eigenvalue weighted by Gasteiger charge is -2.21. The predicted molar refractivity (Wildman–Crippen MR) is 71.1 cm³/mol. The molecular formula is C15H13NO3. The Bertz CT molecular complexity index is 639. The van der Waals surface area contributed by atoms with Crippen LogP contribution in [0.2, 0.25) is 0 Å². The lowest BCUT2D eigenvalue weighted by Crippen LogP contribution is -2.35. The van der Waals surface area contributed by atoms with Gasteiger partial charge < -0.3 is 15.2 Å². The van der Waals surface area contributed by atoms with Crippen molar-refractivity contribution in [3.63, 3.8) is 0 Å². The number of hydrogen-bond donors (Lipinski definition) is 2. The maximum absolute atomic E-state index is 12.2. The number of fused-ring (bicyclic) bond motifs is 1. The molecule has 1 amide bonds. The highest BCUT2D eigenvalue weighted by molar-refractivity contribution is 6.07. The Morgan fingerprint density at radius 1 is 1.16 bits per heavy atom. The Labute approximate surface area is 110 Å². The molecular weight excluding hydrogens is 242 g/mol. The number of anilines is 1. The number of ether oxygens (including phenoxy) is 1. The Morgan fingerprint density at radius 3 is 2.58 bits per heavy atom. The van der Waals surface area contributed by atoms with Gasteiger partial charge in [-0.15, -0.1) is 0 Å². The molecule has 2 aromatic rings. The number of hydrogen-bond acceptors (Lipinski definition) is 3. The molecule has 0 aliphatic carbocycles. The monoisotopic (exact) mass is 255 g/mol. The molecule has 0 fully saturated rings. The number of carbonyl (C=O) groups excluding carboxylic acids is 1. The van der Waals surface area contributed by atoms with Crippen molar-refractivity contribution in [2.75, 3.05) is 12.4 Å². The van der Waals surface area contributed by atoms with E-state index in [1.807, 2.05) is 6.07 Å². The Kier molecular flexibility index (Phi) is 2.54. The van der Waals surface area contributed by atoms with Crippen molar-refractivity contribution in [2.24, 2.45) is 0 Å². The van der Waals surface area contributed by atoms with Crippen molar-refractivity contribution in [1.82, 2.24) is 0 Å². The summed E-state index contributed by atoms with van der Waals surface area (Å²) in [5, 5.41) is 13.5. The summed E-state index contributed by atoms with van der Waals surface area (Å²) in [6, 6.07) is 14.0. The van der Waals surface area contributed by atoms with Gasteiger partial charge in [0.25, 0.3) is 5.91 Å². The Morgan fingerprint density at radius 2 is 1.89 bits per heavy atom. The smallest absolute Gasteiger partial charge is 0.265 e. The molecule has 4 nitrogen and oxygen atoms in total. The van der Waals surface area contributed by atoms with Crippen LogP contribution < -0.4 is 10.1 Å². The van der Waals surface area contributed by atoms with E-state index in [2.05, 4.69) is 5.32 Å². The van der Waals surface area contributed by atoms with Crippen LogP contribution in [0, 0.1) is 0 Å². The first-order chi connectivity index (χ1) is 9.16. The van der Waals surface area contributed by atoms with Crippen LogP contribution in [0.25, 0.3) is 0 Å². The van der Waals surface area contributed by atoms with Gasteiger partial charge in [0.2, 0.25) is 0 Å². The van der Waals surface area contributed by atoms with Crippen molar-refractivity contribution in [2.45, 2.75) is 5.60 Å². The summed E-state index contributed by atoms with van der Waals surface area (Å²) >= 11 is 0. The van der Waals surface area contributed by atoms with Gasteiger partial charge in [-0.1, -0.05) is 30.3 Å². The van der Waals surface area contributed by atoms with Crippen molar-refractivity contribution in [3.8, 4) is 5.75 Å². The second kappa shape index (κ2) is 4.10. The molecule has 96 valence electrons. The van der Waals surface area contributed by atoms with Crippen LogP contribution in [0.5, 0.6) is 5.75 Å². The van der Waals surface area contributed by atoms with Crippen LogP contribution in [0.3, 0.4) is 0 Å². The fraction of sp³-hybridized carbons (Fsp3) is 0.133. The van der Waals surface area contributed by atoms with Crippen LogP contribution in [-0.4, -0.2) is 18.1 Å². The van der Waals surface area contributed by atoms with Gasteiger partial charge in [-0.3, -0.25) is 4.79 Å². The van der Waals surface area contributed by atoms with Crippen molar-refractivity contribution < 1.29 is 14.6 Å². The number of rotatable bonds is 2. The molecule has 2 aromatic carbocycles. The molecule has 1 aliphatic rings. The Balaban J connectivity index is 2.18. The molecule has 1 aliphatic heterocycles. The molecule has 1 unspecified atom stereocenters. The summed E-state index contributed by atoms with van der Waals surface area (Å²) in [4.78, 5) is 12.2. The number of aliphatic hydroxyl groups is 1. The van der Waals surface area contributed by atoms with E-state index in [0.29, 0.717) is 22.6 Å². The maximum atomic E-state index is 12.2. The summed E-state index contributed by atoms with van der Waals surface area (Å²) in [6.07, 6.45) is 0. The summed E-state index contributed by atoms with van der Waals surface area (Å²) in [6.45, 7) is 0. The molecule has 4 heteroatoms. The molecule has 0 aromatic heterocycles. The zero-order valence-corrected chi connectivity index (χ0v) is 10.4. The second-order valence-corrected chi connectivity index (χ2v) is 4.44. The standard InChI is InChI=1S/C15H13NO3/c1-19-11-7-8-12-13(9-11)16-14(17)15(12,18)10-5-3-2-4-6-10/h2-9,18H,1H3,(H,16,17).